The summed E-state index contributed by atoms with van der Waals surface area (Å²) in [6.45, 7) is 3.16. The van der Waals surface area contributed by atoms with E-state index in [1.807, 2.05) is 13.8 Å². The molecule has 8 heteroatoms. The highest BCUT2D eigenvalue weighted by Gasteiger charge is 2.19. The summed E-state index contributed by atoms with van der Waals surface area (Å²) in [4.78, 5) is 35.4. The second kappa shape index (κ2) is 9.59. The first-order valence-electron chi connectivity index (χ1n) is 8.55. The number of hydrogen-bond donors (Lipinski definition) is 2. The first kappa shape index (κ1) is 21.0. The Morgan fingerprint density at radius 2 is 1.61 bits per heavy atom. The first-order chi connectivity index (χ1) is 13.3. The van der Waals surface area contributed by atoms with Gasteiger partial charge in [-0.2, -0.15) is 0 Å². The molecule has 2 N–H and O–H groups in total. The number of ketones is 1. The maximum absolute atomic E-state index is 13.6. The Bertz CT molecular complexity index is 847. The SMILES string of the molecule is CC(C)NC(=O)NCc1ccc(C(=O)OCC(=O)c2c(F)cccc2F)cc1. The van der Waals surface area contributed by atoms with Crippen LogP contribution in [0.3, 0.4) is 0 Å². The number of amides is 2. The molecular weight excluding hydrogens is 370 g/mol. The number of esters is 1. The van der Waals surface area contributed by atoms with Crippen LogP contribution in [0.25, 0.3) is 0 Å². The molecule has 148 valence electrons. The molecule has 2 aromatic carbocycles. The van der Waals surface area contributed by atoms with Crippen molar-refractivity contribution in [2.24, 2.45) is 0 Å². The highest BCUT2D eigenvalue weighted by atomic mass is 19.1. The zero-order valence-corrected chi connectivity index (χ0v) is 15.4. The van der Waals surface area contributed by atoms with Gasteiger partial charge >= 0.3 is 12.0 Å². The number of rotatable bonds is 7. The average molecular weight is 390 g/mol. The third kappa shape index (κ3) is 5.87. The van der Waals surface area contributed by atoms with Gasteiger partial charge in [-0.25, -0.2) is 18.4 Å². The van der Waals surface area contributed by atoms with Crippen LogP contribution in [0, 0.1) is 11.6 Å². The van der Waals surface area contributed by atoms with Crippen molar-refractivity contribution in [1.29, 1.82) is 0 Å². The van der Waals surface area contributed by atoms with E-state index >= 15 is 0 Å². The summed E-state index contributed by atoms with van der Waals surface area (Å²) in [5, 5.41) is 5.35. The number of halogens is 2. The lowest BCUT2D eigenvalue weighted by molar-refractivity contribution is 0.0472. The number of carbonyl (C=O) groups is 3. The minimum Gasteiger partial charge on any atom is -0.454 e. The molecule has 0 aliphatic rings. The summed E-state index contributed by atoms with van der Waals surface area (Å²) >= 11 is 0. The van der Waals surface area contributed by atoms with Crippen LogP contribution in [0.5, 0.6) is 0 Å². The quantitative estimate of drug-likeness (QED) is 0.562. The Kier molecular flexibility index (Phi) is 7.20. The number of nitrogens with one attached hydrogen (secondary N) is 2. The standard InChI is InChI=1S/C20H20F2N2O4/c1-12(2)24-20(27)23-10-13-6-8-14(9-7-13)19(26)28-11-17(25)18-15(21)4-3-5-16(18)22/h3-9,12H,10-11H2,1-2H3,(H2,23,24,27). The summed E-state index contributed by atoms with van der Waals surface area (Å²) in [5.41, 5.74) is 0.175. The van der Waals surface area contributed by atoms with Gasteiger partial charge in [-0.05, 0) is 43.7 Å². The van der Waals surface area contributed by atoms with Crippen LogP contribution in [0.4, 0.5) is 13.6 Å². The highest BCUT2D eigenvalue weighted by Crippen LogP contribution is 2.13. The number of urea groups is 1. The molecule has 0 fully saturated rings. The van der Waals surface area contributed by atoms with E-state index in [0.29, 0.717) is 0 Å². The number of Topliss-reactive ketones (excluding diaryl/α,β-unsaturated/α-hetero) is 1. The topological polar surface area (TPSA) is 84.5 Å². The van der Waals surface area contributed by atoms with Crippen molar-refractivity contribution in [1.82, 2.24) is 10.6 Å². The summed E-state index contributed by atoms with van der Waals surface area (Å²) in [6, 6.07) is 8.90. The molecule has 0 atom stereocenters. The van der Waals surface area contributed by atoms with Gasteiger partial charge in [0.1, 0.15) is 11.6 Å². The minimum atomic E-state index is -1.01. The highest BCUT2D eigenvalue weighted by molar-refractivity contribution is 5.99. The van der Waals surface area contributed by atoms with Crippen molar-refractivity contribution in [3.05, 3.63) is 70.8 Å². The summed E-state index contributed by atoms with van der Waals surface area (Å²) in [6.07, 6.45) is 0. The Morgan fingerprint density at radius 1 is 1.00 bits per heavy atom. The Morgan fingerprint density at radius 3 is 2.18 bits per heavy atom. The van der Waals surface area contributed by atoms with E-state index in [1.165, 1.54) is 12.1 Å². The molecule has 0 aromatic heterocycles. The molecule has 0 aliphatic heterocycles. The predicted molar refractivity (Wildman–Crippen MR) is 97.9 cm³/mol. The molecule has 6 nitrogen and oxygen atoms in total. The molecule has 0 bridgehead atoms. The fourth-order valence-corrected chi connectivity index (χ4v) is 2.31. The molecule has 0 spiro atoms. The molecule has 0 radical (unpaired) electrons. The summed E-state index contributed by atoms with van der Waals surface area (Å²) in [5.74, 6) is -3.80. The van der Waals surface area contributed by atoms with Crippen molar-refractivity contribution >= 4 is 17.8 Å². The lowest BCUT2D eigenvalue weighted by atomic mass is 10.1. The molecule has 2 amide bonds. The van der Waals surface area contributed by atoms with Gasteiger partial charge in [0.25, 0.3) is 0 Å². The molecule has 0 heterocycles. The molecule has 2 rings (SSSR count). The average Bonchev–Trinajstić information content (AvgIpc) is 2.64. The second-order valence-electron chi connectivity index (χ2n) is 6.27. The molecule has 0 aliphatic carbocycles. The fraction of sp³-hybridized carbons (Fsp3) is 0.250. The van der Waals surface area contributed by atoms with Crippen LogP contribution in [-0.4, -0.2) is 30.4 Å². The van der Waals surface area contributed by atoms with Crippen molar-refractivity contribution in [3.63, 3.8) is 0 Å². The summed E-state index contributed by atoms with van der Waals surface area (Å²) in [7, 11) is 0. The predicted octanol–water partition coefficient (Wildman–Crippen LogP) is 3.21. The summed E-state index contributed by atoms with van der Waals surface area (Å²) < 4.78 is 31.9. The molecule has 0 saturated carbocycles. The van der Waals surface area contributed by atoms with Gasteiger partial charge in [0.15, 0.2) is 6.61 Å². The van der Waals surface area contributed by atoms with Gasteiger partial charge in [0.2, 0.25) is 5.78 Å². The number of carbonyl (C=O) groups excluding carboxylic acids is 3. The Balaban J connectivity index is 1.89. The van der Waals surface area contributed by atoms with Gasteiger partial charge in [0.05, 0.1) is 11.1 Å². The smallest absolute Gasteiger partial charge is 0.338 e. The monoisotopic (exact) mass is 390 g/mol. The van der Waals surface area contributed by atoms with Gasteiger partial charge in [-0.15, -0.1) is 0 Å². The second-order valence-corrected chi connectivity index (χ2v) is 6.27. The third-order valence-corrected chi connectivity index (χ3v) is 3.64. The zero-order valence-electron chi connectivity index (χ0n) is 15.4. The van der Waals surface area contributed by atoms with Crippen LogP contribution in [0.1, 0.15) is 40.1 Å². The zero-order chi connectivity index (χ0) is 20.7. The Hall–Kier alpha value is -3.29. The van der Waals surface area contributed by atoms with E-state index in [4.69, 9.17) is 4.74 Å². The maximum Gasteiger partial charge on any atom is 0.338 e. The lowest BCUT2D eigenvalue weighted by Crippen LogP contribution is -2.39. The van der Waals surface area contributed by atoms with Crippen LogP contribution in [0.15, 0.2) is 42.5 Å². The van der Waals surface area contributed by atoms with Crippen molar-refractivity contribution < 1.29 is 27.9 Å². The van der Waals surface area contributed by atoms with Crippen molar-refractivity contribution in [2.45, 2.75) is 26.4 Å². The van der Waals surface area contributed by atoms with E-state index < -0.39 is 35.6 Å². The number of benzene rings is 2. The maximum atomic E-state index is 13.6. The largest absolute Gasteiger partial charge is 0.454 e. The van der Waals surface area contributed by atoms with Crippen molar-refractivity contribution in [3.8, 4) is 0 Å². The molecular formula is C20H20F2N2O4. The van der Waals surface area contributed by atoms with Gasteiger partial charge in [-0.3, -0.25) is 4.79 Å². The molecule has 28 heavy (non-hydrogen) atoms. The van der Waals surface area contributed by atoms with E-state index in [0.717, 1.165) is 23.8 Å². The van der Waals surface area contributed by atoms with Gasteiger partial charge < -0.3 is 15.4 Å². The van der Waals surface area contributed by atoms with Crippen LogP contribution < -0.4 is 10.6 Å². The first-order valence-corrected chi connectivity index (χ1v) is 8.55. The Labute approximate surface area is 160 Å². The normalized spacial score (nSPS) is 10.5. The fourth-order valence-electron chi connectivity index (χ4n) is 2.31. The number of ether oxygens (including phenoxy) is 1. The van der Waals surface area contributed by atoms with Gasteiger partial charge in [-0.1, -0.05) is 18.2 Å². The number of hydrogen-bond acceptors (Lipinski definition) is 4. The van der Waals surface area contributed by atoms with Crippen LogP contribution >= 0.6 is 0 Å². The third-order valence-electron chi connectivity index (χ3n) is 3.64. The lowest BCUT2D eigenvalue weighted by Gasteiger charge is -2.10. The van der Waals surface area contributed by atoms with E-state index in [9.17, 15) is 23.2 Å². The molecule has 0 saturated heterocycles. The molecule has 2 aromatic rings. The van der Waals surface area contributed by atoms with E-state index in [-0.39, 0.29) is 24.2 Å². The van der Waals surface area contributed by atoms with Crippen LogP contribution in [-0.2, 0) is 11.3 Å². The minimum absolute atomic E-state index is 0.0118. The van der Waals surface area contributed by atoms with E-state index in [1.54, 1.807) is 12.1 Å². The van der Waals surface area contributed by atoms with Gasteiger partial charge in [0, 0.05) is 12.6 Å². The van der Waals surface area contributed by atoms with Crippen molar-refractivity contribution in [2.75, 3.05) is 6.61 Å². The molecule has 0 unspecified atom stereocenters. The van der Waals surface area contributed by atoms with Crippen LogP contribution in [0.2, 0.25) is 0 Å². The van der Waals surface area contributed by atoms with E-state index in [2.05, 4.69) is 10.6 Å².